The Bertz CT molecular complexity index is 1150. The number of thioether (sulfide) groups is 1. The van der Waals surface area contributed by atoms with Gasteiger partial charge in [-0.3, -0.25) is 9.78 Å². The number of nitrogens with zero attached hydrogens (tertiary/aromatic N) is 4. The zero-order valence-corrected chi connectivity index (χ0v) is 22.1. The van der Waals surface area contributed by atoms with Crippen LogP contribution in [-0.2, 0) is 4.79 Å². The van der Waals surface area contributed by atoms with Crippen molar-refractivity contribution in [3.05, 3.63) is 54.5 Å². The number of alkyl halides is 1. The lowest BCUT2D eigenvalue weighted by atomic mass is 9.79. The fourth-order valence-corrected chi connectivity index (χ4v) is 6.07. The van der Waals surface area contributed by atoms with Gasteiger partial charge in [0.2, 0.25) is 0 Å². The summed E-state index contributed by atoms with van der Waals surface area (Å²) in [7, 11) is 1.60. The summed E-state index contributed by atoms with van der Waals surface area (Å²) in [5.41, 5.74) is 1.40. The van der Waals surface area contributed by atoms with Crippen molar-refractivity contribution in [2.45, 2.75) is 49.6 Å². The molecule has 3 atom stereocenters. The molecule has 1 aromatic carbocycles. The van der Waals surface area contributed by atoms with E-state index in [4.69, 9.17) is 4.74 Å². The van der Waals surface area contributed by atoms with E-state index in [1.807, 2.05) is 24.3 Å². The third-order valence-corrected chi connectivity index (χ3v) is 8.33. The van der Waals surface area contributed by atoms with Crippen molar-refractivity contribution in [1.29, 1.82) is 0 Å². The lowest BCUT2D eigenvalue weighted by molar-refractivity contribution is -0.137. The number of ether oxygens (including phenoxy) is 1. The first-order valence-electron chi connectivity index (χ1n) is 12.9. The summed E-state index contributed by atoms with van der Waals surface area (Å²) in [5, 5.41) is 17.8. The Morgan fingerprint density at radius 1 is 1.22 bits per heavy atom. The number of hydrogen-bond donors (Lipinski definition) is 1. The number of hydrogen-bond acceptors (Lipinski definition) is 7. The molecule has 0 aliphatic carbocycles. The Morgan fingerprint density at radius 2 is 2.11 bits per heavy atom. The molecular formula is C28H35FN4O3S. The minimum Gasteiger partial charge on any atom is -0.497 e. The quantitative estimate of drug-likeness (QED) is 0.221. The average molecular weight is 527 g/mol. The first kappa shape index (κ1) is 27.3. The van der Waals surface area contributed by atoms with Gasteiger partial charge in [-0.05, 0) is 98.7 Å². The predicted octanol–water partition coefficient (Wildman–Crippen LogP) is 5.81. The van der Waals surface area contributed by atoms with Gasteiger partial charge in [0, 0.05) is 29.4 Å². The number of aliphatic carboxylic acids is 1. The topological polar surface area (TPSA) is 88.4 Å². The number of methoxy groups -OCH3 is 1. The number of halogens is 1. The minimum atomic E-state index is -1.10. The maximum atomic E-state index is 15.5. The molecule has 0 bridgehead atoms. The molecule has 0 spiro atoms. The zero-order valence-electron chi connectivity index (χ0n) is 21.3. The largest absolute Gasteiger partial charge is 0.497 e. The summed E-state index contributed by atoms with van der Waals surface area (Å²) in [6.45, 7) is 2.84. The number of carbonyl (C=O) groups is 1. The number of carboxylic acid groups (broad SMARTS) is 1. The standard InChI is InChI=1S/C28H35FN4O3S/c1-36-22-5-7-27-25(17-22)24(10-12-30-27)26(29)6-3-20-11-15-33(19-21(20)4-8-28(34)35)14-2-16-37-23-9-13-31-32-18-23/h5,7,9-10,12-13,17-18,20-21,26H,2-4,6,8,11,14-16,19H2,1H3,(H,34,35)/t20-,21+,26?/m1/s1. The van der Waals surface area contributed by atoms with Crippen LogP contribution in [0.1, 0.15) is 50.3 Å². The highest BCUT2D eigenvalue weighted by atomic mass is 32.2. The number of benzene rings is 1. The fraction of sp³-hybridized carbons (Fsp3) is 0.500. The van der Waals surface area contributed by atoms with Crippen LogP contribution in [0.2, 0.25) is 0 Å². The summed E-state index contributed by atoms with van der Waals surface area (Å²) in [4.78, 5) is 19.2. The normalized spacial score (nSPS) is 19.1. The number of carboxylic acids is 1. The van der Waals surface area contributed by atoms with E-state index in [0.717, 1.165) is 60.4 Å². The Labute approximate surface area is 221 Å². The second-order valence-corrected chi connectivity index (χ2v) is 10.8. The van der Waals surface area contributed by atoms with Gasteiger partial charge in [-0.25, -0.2) is 4.39 Å². The third kappa shape index (κ3) is 7.85. The monoisotopic (exact) mass is 526 g/mol. The smallest absolute Gasteiger partial charge is 0.303 e. The van der Waals surface area contributed by atoms with Crippen LogP contribution in [0.4, 0.5) is 4.39 Å². The van der Waals surface area contributed by atoms with Crippen LogP contribution in [-0.4, -0.2) is 63.7 Å². The molecule has 7 nitrogen and oxygen atoms in total. The molecule has 3 heterocycles. The summed E-state index contributed by atoms with van der Waals surface area (Å²) in [6, 6.07) is 9.27. The third-order valence-electron chi connectivity index (χ3n) is 7.26. The van der Waals surface area contributed by atoms with Crippen LogP contribution < -0.4 is 4.74 Å². The van der Waals surface area contributed by atoms with Crippen molar-refractivity contribution >= 4 is 28.6 Å². The molecule has 2 aromatic heterocycles. The van der Waals surface area contributed by atoms with Gasteiger partial charge in [0.05, 0.1) is 25.0 Å². The van der Waals surface area contributed by atoms with Gasteiger partial charge in [0.15, 0.2) is 0 Å². The molecule has 1 unspecified atom stereocenters. The van der Waals surface area contributed by atoms with Crippen molar-refractivity contribution in [3.8, 4) is 5.75 Å². The lowest BCUT2D eigenvalue weighted by Crippen LogP contribution is -2.41. The number of piperidine rings is 1. The van der Waals surface area contributed by atoms with Gasteiger partial charge in [0.25, 0.3) is 0 Å². The SMILES string of the molecule is COc1ccc2nccc(C(F)CC[C@@H]3CCN(CCCSc4ccnnc4)C[C@@H]3CCC(=O)O)c2c1. The molecule has 198 valence electrons. The van der Waals surface area contributed by atoms with E-state index >= 15 is 4.39 Å². The van der Waals surface area contributed by atoms with Crippen molar-refractivity contribution in [2.75, 3.05) is 32.5 Å². The lowest BCUT2D eigenvalue weighted by Gasteiger charge is -2.39. The summed E-state index contributed by atoms with van der Waals surface area (Å²) >= 11 is 1.78. The second kappa shape index (κ2) is 13.7. The van der Waals surface area contributed by atoms with Crippen molar-refractivity contribution in [1.82, 2.24) is 20.1 Å². The maximum absolute atomic E-state index is 15.5. The summed E-state index contributed by atoms with van der Waals surface area (Å²) in [6.07, 6.45) is 8.03. The zero-order chi connectivity index (χ0) is 26.0. The van der Waals surface area contributed by atoms with Crippen molar-refractivity contribution < 1.29 is 19.0 Å². The molecule has 0 amide bonds. The molecule has 1 aliphatic heterocycles. The molecule has 9 heteroatoms. The maximum Gasteiger partial charge on any atom is 0.303 e. The molecule has 1 saturated heterocycles. The molecule has 4 rings (SSSR count). The molecule has 0 radical (unpaired) electrons. The molecule has 37 heavy (non-hydrogen) atoms. The molecule has 0 saturated carbocycles. The second-order valence-electron chi connectivity index (χ2n) is 9.65. The molecule has 1 fully saturated rings. The van der Waals surface area contributed by atoms with Crippen LogP contribution >= 0.6 is 11.8 Å². The number of likely N-dealkylation sites (tertiary alicyclic amines) is 1. The highest BCUT2D eigenvalue weighted by Crippen LogP contribution is 2.36. The van der Waals surface area contributed by atoms with Crippen molar-refractivity contribution in [2.24, 2.45) is 11.8 Å². The van der Waals surface area contributed by atoms with Crippen LogP contribution in [0, 0.1) is 11.8 Å². The Balaban J connectivity index is 1.32. The number of pyridine rings is 1. The van der Waals surface area contributed by atoms with E-state index in [2.05, 4.69) is 20.1 Å². The first-order chi connectivity index (χ1) is 18.0. The number of aromatic nitrogens is 3. The van der Waals surface area contributed by atoms with Crippen LogP contribution in [0.15, 0.2) is 53.8 Å². The van der Waals surface area contributed by atoms with Crippen molar-refractivity contribution in [3.63, 3.8) is 0 Å². The average Bonchev–Trinajstić information content (AvgIpc) is 2.93. The van der Waals surface area contributed by atoms with Gasteiger partial charge in [-0.1, -0.05) is 0 Å². The van der Waals surface area contributed by atoms with Crippen LogP contribution in [0.5, 0.6) is 5.75 Å². The minimum absolute atomic E-state index is 0.160. The van der Waals surface area contributed by atoms with Gasteiger partial charge in [-0.2, -0.15) is 10.2 Å². The Morgan fingerprint density at radius 3 is 2.89 bits per heavy atom. The molecule has 3 aromatic rings. The first-order valence-corrected chi connectivity index (χ1v) is 13.9. The van der Waals surface area contributed by atoms with E-state index < -0.39 is 12.1 Å². The Kier molecular flexibility index (Phi) is 10.1. The van der Waals surface area contributed by atoms with E-state index in [1.54, 1.807) is 43.5 Å². The Hall–Kier alpha value is -2.78. The molecule has 1 aliphatic rings. The van der Waals surface area contributed by atoms with E-state index in [9.17, 15) is 9.90 Å². The van der Waals surface area contributed by atoms with Gasteiger partial charge >= 0.3 is 5.97 Å². The highest BCUT2D eigenvalue weighted by Gasteiger charge is 2.30. The van der Waals surface area contributed by atoms with E-state index in [0.29, 0.717) is 30.1 Å². The highest BCUT2D eigenvalue weighted by molar-refractivity contribution is 7.99. The predicted molar refractivity (Wildman–Crippen MR) is 144 cm³/mol. The summed E-state index contributed by atoms with van der Waals surface area (Å²) in [5.74, 6) is 1.52. The van der Waals surface area contributed by atoms with Gasteiger partial charge in [0.1, 0.15) is 11.9 Å². The van der Waals surface area contributed by atoms with E-state index in [1.165, 1.54) is 0 Å². The molecule has 1 N–H and O–H groups in total. The van der Waals surface area contributed by atoms with Crippen LogP contribution in [0.25, 0.3) is 10.9 Å². The number of rotatable bonds is 13. The summed E-state index contributed by atoms with van der Waals surface area (Å²) < 4.78 is 20.9. The number of fused-ring (bicyclic) bond motifs is 1. The van der Waals surface area contributed by atoms with Crippen LogP contribution in [0.3, 0.4) is 0 Å². The van der Waals surface area contributed by atoms with Gasteiger partial charge < -0.3 is 14.7 Å². The van der Waals surface area contributed by atoms with E-state index in [-0.39, 0.29) is 12.3 Å². The van der Waals surface area contributed by atoms with Gasteiger partial charge in [-0.15, -0.1) is 11.8 Å². The molecular weight excluding hydrogens is 491 g/mol. The fourth-order valence-electron chi connectivity index (χ4n) is 5.28.